The van der Waals surface area contributed by atoms with Crippen molar-refractivity contribution in [2.45, 2.75) is 0 Å². The summed E-state index contributed by atoms with van der Waals surface area (Å²) in [5.74, 6) is 0.516. The van der Waals surface area contributed by atoms with Gasteiger partial charge in [0.15, 0.2) is 0 Å². The highest BCUT2D eigenvalue weighted by Gasteiger charge is 2.18. The predicted molar refractivity (Wildman–Crippen MR) is 46.1 cm³/mol. The summed E-state index contributed by atoms with van der Waals surface area (Å²) in [4.78, 5) is 11.0. The number of carbonyl (C=O) groups is 1. The van der Waals surface area contributed by atoms with Crippen molar-refractivity contribution >= 4 is 5.97 Å². The standard InChI is InChI=1S/C10H8O3/c11-10-9(6-7-12-10)13-8-4-2-1-3-5-8/h1-6H,7H2. The van der Waals surface area contributed by atoms with Crippen molar-refractivity contribution in [2.24, 2.45) is 0 Å². The van der Waals surface area contributed by atoms with E-state index in [1.54, 1.807) is 18.2 Å². The van der Waals surface area contributed by atoms with Gasteiger partial charge in [0, 0.05) is 6.08 Å². The Kier molecular flexibility index (Phi) is 2.00. The van der Waals surface area contributed by atoms with Crippen molar-refractivity contribution in [3.63, 3.8) is 0 Å². The molecule has 13 heavy (non-hydrogen) atoms. The molecular formula is C10H8O3. The van der Waals surface area contributed by atoms with Crippen LogP contribution in [-0.2, 0) is 9.53 Å². The highest BCUT2D eigenvalue weighted by Crippen LogP contribution is 2.15. The van der Waals surface area contributed by atoms with E-state index in [1.165, 1.54) is 0 Å². The minimum absolute atomic E-state index is 0.270. The van der Waals surface area contributed by atoms with Crippen molar-refractivity contribution in [3.05, 3.63) is 42.2 Å². The van der Waals surface area contributed by atoms with E-state index in [9.17, 15) is 4.79 Å². The molecule has 0 aliphatic carbocycles. The molecule has 0 saturated heterocycles. The lowest BCUT2D eigenvalue weighted by Crippen LogP contribution is -2.05. The Morgan fingerprint density at radius 1 is 1.23 bits per heavy atom. The van der Waals surface area contributed by atoms with Crippen LogP contribution in [0.5, 0.6) is 5.75 Å². The van der Waals surface area contributed by atoms with E-state index in [4.69, 9.17) is 4.74 Å². The van der Waals surface area contributed by atoms with Gasteiger partial charge in [0.1, 0.15) is 12.4 Å². The number of benzene rings is 1. The fourth-order valence-electron chi connectivity index (χ4n) is 1.05. The van der Waals surface area contributed by atoms with Crippen molar-refractivity contribution in [3.8, 4) is 5.75 Å². The zero-order chi connectivity index (χ0) is 9.10. The minimum atomic E-state index is -0.399. The Balaban J connectivity index is 2.11. The first-order valence-electron chi connectivity index (χ1n) is 3.96. The molecule has 0 aromatic heterocycles. The summed E-state index contributed by atoms with van der Waals surface area (Å²) in [6.45, 7) is 0.307. The first kappa shape index (κ1) is 7.86. The van der Waals surface area contributed by atoms with Gasteiger partial charge in [0.05, 0.1) is 0 Å². The molecule has 0 fully saturated rings. The van der Waals surface area contributed by atoms with Crippen molar-refractivity contribution in [1.82, 2.24) is 0 Å². The maximum absolute atomic E-state index is 11.0. The van der Waals surface area contributed by atoms with Gasteiger partial charge in [-0.3, -0.25) is 0 Å². The molecule has 1 heterocycles. The Morgan fingerprint density at radius 2 is 2.00 bits per heavy atom. The highest BCUT2D eigenvalue weighted by molar-refractivity contribution is 5.88. The summed E-state index contributed by atoms with van der Waals surface area (Å²) < 4.78 is 9.96. The maximum Gasteiger partial charge on any atom is 0.374 e. The van der Waals surface area contributed by atoms with E-state index in [1.807, 2.05) is 18.2 Å². The van der Waals surface area contributed by atoms with Crippen LogP contribution in [0.25, 0.3) is 0 Å². The first-order valence-corrected chi connectivity index (χ1v) is 3.96. The van der Waals surface area contributed by atoms with Gasteiger partial charge < -0.3 is 9.47 Å². The average molecular weight is 176 g/mol. The molecule has 1 aromatic rings. The summed E-state index contributed by atoms with van der Waals surface area (Å²) in [5.41, 5.74) is 0. The fraction of sp³-hybridized carbons (Fsp3) is 0.100. The molecule has 66 valence electrons. The number of hydrogen-bond acceptors (Lipinski definition) is 3. The summed E-state index contributed by atoms with van der Waals surface area (Å²) in [6, 6.07) is 9.14. The average Bonchev–Trinajstić information content (AvgIpc) is 2.54. The number of carbonyl (C=O) groups excluding carboxylic acids is 1. The van der Waals surface area contributed by atoms with Crippen LogP contribution in [0.15, 0.2) is 42.2 Å². The van der Waals surface area contributed by atoms with Crippen LogP contribution in [0, 0.1) is 0 Å². The lowest BCUT2D eigenvalue weighted by atomic mass is 10.3. The summed E-state index contributed by atoms with van der Waals surface area (Å²) in [5, 5.41) is 0. The molecule has 2 rings (SSSR count). The van der Waals surface area contributed by atoms with Crippen LogP contribution in [-0.4, -0.2) is 12.6 Å². The van der Waals surface area contributed by atoms with Gasteiger partial charge >= 0.3 is 5.97 Å². The smallest absolute Gasteiger partial charge is 0.374 e. The van der Waals surface area contributed by atoms with E-state index in [-0.39, 0.29) is 5.76 Å². The third kappa shape index (κ3) is 1.69. The Labute approximate surface area is 75.6 Å². The van der Waals surface area contributed by atoms with E-state index in [0.29, 0.717) is 12.4 Å². The molecule has 0 unspecified atom stereocenters. The number of ether oxygens (including phenoxy) is 2. The molecular weight excluding hydrogens is 168 g/mol. The van der Waals surface area contributed by atoms with E-state index >= 15 is 0 Å². The Hall–Kier alpha value is -1.77. The van der Waals surface area contributed by atoms with Gasteiger partial charge in [-0.25, -0.2) is 4.79 Å². The highest BCUT2D eigenvalue weighted by atomic mass is 16.6. The lowest BCUT2D eigenvalue weighted by molar-refractivity contribution is -0.138. The molecule has 0 bridgehead atoms. The quantitative estimate of drug-likeness (QED) is 0.640. The molecule has 1 aliphatic rings. The minimum Gasteiger partial charge on any atom is -0.455 e. The molecule has 0 N–H and O–H groups in total. The van der Waals surface area contributed by atoms with Crippen molar-refractivity contribution in [1.29, 1.82) is 0 Å². The summed E-state index contributed by atoms with van der Waals surface area (Å²) >= 11 is 0. The number of esters is 1. The monoisotopic (exact) mass is 176 g/mol. The van der Waals surface area contributed by atoms with Crippen LogP contribution < -0.4 is 4.74 Å². The van der Waals surface area contributed by atoms with Crippen LogP contribution in [0.1, 0.15) is 0 Å². The van der Waals surface area contributed by atoms with E-state index in [0.717, 1.165) is 0 Å². The largest absolute Gasteiger partial charge is 0.455 e. The van der Waals surface area contributed by atoms with E-state index in [2.05, 4.69) is 4.74 Å². The number of rotatable bonds is 2. The second-order valence-electron chi connectivity index (χ2n) is 2.58. The Bertz CT molecular complexity index is 340. The van der Waals surface area contributed by atoms with Gasteiger partial charge in [-0.2, -0.15) is 0 Å². The number of hydrogen-bond donors (Lipinski definition) is 0. The molecule has 1 aliphatic heterocycles. The molecule has 0 atom stereocenters. The van der Waals surface area contributed by atoms with Crippen LogP contribution >= 0.6 is 0 Å². The van der Waals surface area contributed by atoms with Gasteiger partial charge in [0.2, 0.25) is 5.76 Å². The molecule has 3 heteroatoms. The SMILES string of the molecule is O=C1OCC=C1Oc1ccccc1. The van der Waals surface area contributed by atoms with Gasteiger partial charge in [-0.15, -0.1) is 0 Å². The topological polar surface area (TPSA) is 35.5 Å². The Morgan fingerprint density at radius 3 is 2.62 bits per heavy atom. The van der Waals surface area contributed by atoms with Crippen LogP contribution in [0.4, 0.5) is 0 Å². The van der Waals surface area contributed by atoms with Crippen molar-refractivity contribution in [2.75, 3.05) is 6.61 Å². The maximum atomic E-state index is 11.0. The fourth-order valence-corrected chi connectivity index (χ4v) is 1.05. The zero-order valence-corrected chi connectivity index (χ0v) is 6.90. The second kappa shape index (κ2) is 3.31. The van der Waals surface area contributed by atoms with Gasteiger partial charge in [0.25, 0.3) is 0 Å². The number of cyclic esters (lactones) is 1. The van der Waals surface area contributed by atoms with Crippen molar-refractivity contribution < 1.29 is 14.3 Å². The zero-order valence-electron chi connectivity index (χ0n) is 6.90. The molecule has 1 aromatic carbocycles. The third-order valence-electron chi connectivity index (χ3n) is 1.66. The summed E-state index contributed by atoms with van der Waals surface area (Å²) in [6.07, 6.45) is 1.62. The summed E-state index contributed by atoms with van der Waals surface area (Å²) in [7, 11) is 0. The van der Waals surface area contributed by atoms with Crippen LogP contribution in [0.2, 0.25) is 0 Å². The molecule has 0 radical (unpaired) electrons. The second-order valence-corrected chi connectivity index (χ2v) is 2.58. The van der Waals surface area contributed by atoms with Gasteiger partial charge in [-0.1, -0.05) is 18.2 Å². The molecule has 3 nitrogen and oxygen atoms in total. The molecule has 0 saturated carbocycles. The molecule has 0 amide bonds. The lowest BCUT2D eigenvalue weighted by Gasteiger charge is -2.02. The predicted octanol–water partition coefficient (Wildman–Crippen LogP) is 1.51. The third-order valence-corrected chi connectivity index (χ3v) is 1.66. The molecule has 0 spiro atoms. The van der Waals surface area contributed by atoms with Gasteiger partial charge in [-0.05, 0) is 12.1 Å². The normalized spacial score (nSPS) is 15.1. The van der Waals surface area contributed by atoms with E-state index < -0.39 is 5.97 Å². The number of para-hydroxylation sites is 1. The van der Waals surface area contributed by atoms with Crippen LogP contribution in [0.3, 0.4) is 0 Å². The first-order chi connectivity index (χ1) is 6.36.